The number of carbonyl (C=O) groups excluding carboxylic acids is 2. The van der Waals surface area contributed by atoms with Crippen LogP contribution in [-0.4, -0.2) is 41.9 Å². The molecule has 5 nitrogen and oxygen atoms in total. The van der Waals surface area contributed by atoms with Crippen molar-refractivity contribution in [3.63, 3.8) is 0 Å². The second kappa shape index (κ2) is 6.00. The summed E-state index contributed by atoms with van der Waals surface area (Å²) in [6.07, 6.45) is 3.09. The first-order valence-electron chi connectivity index (χ1n) is 5.45. The Morgan fingerprint density at radius 1 is 1.25 bits per heavy atom. The number of aliphatic carboxylic acids is 1. The molecule has 0 spiro atoms. The molecule has 0 bridgehead atoms. The van der Waals surface area contributed by atoms with Gasteiger partial charge in [0.15, 0.2) is 0 Å². The van der Waals surface area contributed by atoms with E-state index in [0.717, 1.165) is 25.8 Å². The molecule has 2 saturated heterocycles. The van der Waals surface area contributed by atoms with Crippen molar-refractivity contribution >= 4 is 11.9 Å². The van der Waals surface area contributed by atoms with Crippen LogP contribution in [-0.2, 0) is 9.59 Å². The SMILES string of the molecule is O=C([O-])[C@@H]1CCCN1C(=O)[C@@H]1CCCN1.[Na+]. The van der Waals surface area contributed by atoms with Crippen LogP contribution in [0.2, 0.25) is 0 Å². The molecule has 2 aliphatic heterocycles. The molecule has 0 aromatic carbocycles. The van der Waals surface area contributed by atoms with Crippen molar-refractivity contribution in [2.75, 3.05) is 13.1 Å². The molecule has 2 aliphatic rings. The molecule has 16 heavy (non-hydrogen) atoms. The maximum atomic E-state index is 11.9. The largest absolute Gasteiger partial charge is 1.00 e. The smallest absolute Gasteiger partial charge is 0.548 e. The fourth-order valence-electron chi connectivity index (χ4n) is 2.37. The van der Waals surface area contributed by atoms with E-state index in [-0.39, 0.29) is 41.5 Å². The number of carboxylic acids is 1. The number of nitrogens with one attached hydrogen (secondary N) is 1. The summed E-state index contributed by atoms with van der Waals surface area (Å²) < 4.78 is 0. The first kappa shape index (κ1) is 14.0. The van der Waals surface area contributed by atoms with Crippen molar-refractivity contribution < 1.29 is 44.3 Å². The minimum atomic E-state index is -1.13. The van der Waals surface area contributed by atoms with Crippen molar-refractivity contribution in [2.24, 2.45) is 0 Å². The second-order valence-corrected chi connectivity index (χ2v) is 4.16. The number of hydrogen-bond acceptors (Lipinski definition) is 4. The van der Waals surface area contributed by atoms with E-state index >= 15 is 0 Å². The van der Waals surface area contributed by atoms with Gasteiger partial charge < -0.3 is 20.1 Å². The number of hydrogen-bond donors (Lipinski definition) is 1. The summed E-state index contributed by atoms with van der Waals surface area (Å²) >= 11 is 0. The van der Waals surface area contributed by atoms with Gasteiger partial charge in [-0.25, -0.2) is 0 Å². The molecule has 0 aliphatic carbocycles. The van der Waals surface area contributed by atoms with Gasteiger partial charge in [0.25, 0.3) is 0 Å². The van der Waals surface area contributed by atoms with Gasteiger partial charge in [-0.15, -0.1) is 0 Å². The van der Waals surface area contributed by atoms with E-state index in [1.54, 1.807) is 0 Å². The summed E-state index contributed by atoms with van der Waals surface area (Å²) in [5, 5.41) is 13.9. The van der Waals surface area contributed by atoms with E-state index < -0.39 is 12.0 Å². The fraction of sp³-hybridized carbons (Fsp3) is 0.800. The summed E-state index contributed by atoms with van der Waals surface area (Å²) in [5.41, 5.74) is 0. The Bertz CT molecular complexity index is 279. The maximum Gasteiger partial charge on any atom is 1.00 e. The Hall–Kier alpha value is -0.100. The Labute approximate surface area is 117 Å². The molecule has 1 N–H and O–H groups in total. The van der Waals surface area contributed by atoms with Gasteiger partial charge in [-0.2, -0.15) is 0 Å². The average molecular weight is 234 g/mol. The molecule has 0 unspecified atom stereocenters. The number of carbonyl (C=O) groups is 2. The van der Waals surface area contributed by atoms with Gasteiger partial charge in [-0.3, -0.25) is 4.79 Å². The Morgan fingerprint density at radius 2 is 2.00 bits per heavy atom. The molecule has 1 amide bonds. The van der Waals surface area contributed by atoms with Crippen molar-refractivity contribution in [3.05, 3.63) is 0 Å². The monoisotopic (exact) mass is 234 g/mol. The number of nitrogens with zero attached hydrogens (tertiary/aromatic N) is 1. The van der Waals surface area contributed by atoms with Crippen LogP contribution in [0.15, 0.2) is 0 Å². The van der Waals surface area contributed by atoms with Crippen molar-refractivity contribution in [1.82, 2.24) is 10.2 Å². The van der Waals surface area contributed by atoms with Crippen LogP contribution in [0.1, 0.15) is 25.7 Å². The van der Waals surface area contributed by atoms with Gasteiger partial charge in [0.05, 0.1) is 18.1 Å². The third-order valence-electron chi connectivity index (χ3n) is 3.17. The molecule has 2 rings (SSSR count). The second-order valence-electron chi connectivity index (χ2n) is 4.16. The Kier molecular flexibility index (Phi) is 5.24. The molecular weight excluding hydrogens is 219 g/mol. The normalized spacial score (nSPS) is 28.9. The molecule has 2 fully saturated rings. The van der Waals surface area contributed by atoms with E-state index in [1.807, 2.05) is 0 Å². The van der Waals surface area contributed by atoms with Crippen molar-refractivity contribution in [1.29, 1.82) is 0 Å². The van der Waals surface area contributed by atoms with Gasteiger partial charge in [0, 0.05) is 6.54 Å². The third kappa shape index (κ3) is 2.77. The van der Waals surface area contributed by atoms with Gasteiger partial charge >= 0.3 is 29.6 Å². The van der Waals surface area contributed by atoms with Crippen molar-refractivity contribution in [3.8, 4) is 0 Å². The van der Waals surface area contributed by atoms with Crippen LogP contribution in [0.5, 0.6) is 0 Å². The summed E-state index contributed by atoms with van der Waals surface area (Å²) in [4.78, 5) is 24.2. The molecule has 0 aromatic heterocycles. The number of amides is 1. The van der Waals surface area contributed by atoms with Crippen molar-refractivity contribution in [2.45, 2.75) is 37.8 Å². The quantitative estimate of drug-likeness (QED) is 0.489. The predicted octanol–water partition coefficient (Wildman–Crippen LogP) is -4.52. The minimum absolute atomic E-state index is 0. The zero-order valence-corrected chi connectivity index (χ0v) is 11.6. The molecule has 2 atom stereocenters. The molecule has 84 valence electrons. The number of carboxylic acid groups (broad SMARTS) is 1. The summed E-state index contributed by atoms with van der Waals surface area (Å²) in [6.45, 7) is 1.40. The summed E-state index contributed by atoms with van der Waals surface area (Å²) in [5.74, 6) is -1.20. The Balaban J connectivity index is 0.00000128. The van der Waals surface area contributed by atoms with E-state index in [1.165, 1.54) is 4.90 Å². The van der Waals surface area contributed by atoms with Gasteiger partial charge in [-0.05, 0) is 32.2 Å². The average Bonchev–Trinajstić information content (AvgIpc) is 2.88. The van der Waals surface area contributed by atoms with Crippen LogP contribution in [0, 0.1) is 0 Å². The number of likely N-dealkylation sites (tertiary alicyclic amines) is 1. The maximum absolute atomic E-state index is 11.9. The van der Waals surface area contributed by atoms with E-state index in [2.05, 4.69) is 5.32 Å². The molecule has 0 radical (unpaired) electrons. The summed E-state index contributed by atoms with van der Waals surface area (Å²) in [6, 6.07) is -0.884. The topological polar surface area (TPSA) is 72.5 Å². The molecular formula is C10H15N2NaO3. The van der Waals surface area contributed by atoms with Gasteiger partial charge in [0.1, 0.15) is 0 Å². The first-order chi connectivity index (χ1) is 7.20. The number of rotatable bonds is 2. The Morgan fingerprint density at radius 3 is 2.56 bits per heavy atom. The minimum Gasteiger partial charge on any atom is -0.548 e. The summed E-state index contributed by atoms with van der Waals surface area (Å²) in [7, 11) is 0. The zero-order chi connectivity index (χ0) is 10.8. The standard InChI is InChI=1S/C10H16N2O3.Na/c13-9(7-3-1-5-11-7)12-6-2-4-8(12)10(14)15;/h7-8,11H,1-6H2,(H,14,15);/q;+1/p-1/t7-,8-;/m0./s1. The fourth-order valence-corrected chi connectivity index (χ4v) is 2.37. The molecule has 0 aromatic rings. The van der Waals surface area contributed by atoms with Crippen LogP contribution in [0.3, 0.4) is 0 Å². The molecule has 6 heteroatoms. The van der Waals surface area contributed by atoms with Crippen LogP contribution in [0.25, 0.3) is 0 Å². The molecule has 0 saturated carbocycles. The van der Waals surface area contributed by atoms with E-state index in [9.17, 15) is 14.7 Å². The van der Waals surface area contributed by atoms with Crippen LogP contribution < -0.4 is 40.0 Å². The molecule has 2 heterocycles. The zero-order valence-electron chi connectivity index (χ0n) is 9.57. The first-order valence-corrected chi connectivity index (χ1v) is 5.45. The van der Waals surface area contributed by atoms with E-state index in [0.29, 0.717) is 13.0 Å². The van der Waals surface area contributed by atoms with Gasteiger partial charge in [0.2, 0.25) is 5.91 Å². The van der Waals surface area contributed by atoms with Crippen LogP contribution in [0.4, 0.5) is 0 Å². The van der Waals surface area contributed by atoms with Crippen LogP contribution >= 0.6 is 0 Å². The van der Waals surface area contributed by atoms with E-state index in [4.69, 9.17) is 0 Å². The predicted molar refractivity (Wildman–Crippen MR) is 50.8 cm³/mol. The third-order valence-corrected chi connectivity index (χ3v) is 3.17. The van der Waals surface area contributed by atoms with Gasteiger partial charge in [-0.1, -0.05) is 0 Å².